The molecule has 1 saturated heterocycles. The van der Waals surface area contributed by atoms with Crippen molar-refractivity contribution in [3.05, 3.63) is 47.0 Å². The fourth-order valence-electron chi connectivity index (χ4n) is 5.10. The predicted molar refractivity (Wildman–Crippen MR) is 134 cm³/mol. The molecule has 3 heterocycles. The van der Waals surface area contributed by atoms with Gasteiger partial charge in [-0.3, -0.25) is 4.90 Å². The molecule has 0 bridgehead atoms. The van der Waals surface area contributed by atoms with E-state index in [2.05, 4.69) is 43.0 Å². The highest BCUT2D eigenvalue weighted by atomic mass is 16.7. The molecule has 5 heteroatoms. The van der Waals surface area contributed by atoms with Gasteiger partial charge in [-0.05, 0) is 49.9 Å². The van der Waals surface area contributed by atoms with Gasteiger partial charge in [0.15, 0.2) is 17.7 Å². The Labute approximate surface area is 200 Å². The number of fused-ring (bicyclic) bond motifs is 2. The van der Waals surface area contributed by atoms with Crippen LogP contribution < -0.4 is 18.9 Å². The summed E-state index contributed by atoms with van der Waals surface area (Å²) in [6, 6.07) is 10.5. The average Bonchev–Trinajstić information content (AvgIpc) is 3.54. The van der Waals surface area contributed by atoms with Crippen LogP contribution in [0.5, 0.6) is 23.0 Å². The molecule has 5 nitrogen and oxygen atoms in total. The maximum atomic E-state index is 6.58. The van der Waals surface area contributed by atoms with Gasteiger partial charge in [0.1, 0.15) is 11.5 Å². The minimum atomic E-state index is 0.0607. The van der Waals surface area contributed by atoms with E-state index in [0.717, 1.165) is 36.1 Å². The third kappa shape index (κ3) is 4.93. The number of likely N-dealkylation sites (tertiary alicyclic amines) is 1. The number of nitrogens with zero attached hydrogens (tertiary/aromatic N) is 1. The highest BCUT2D eigenvalue weighted by Crippen LogP contribution is 2.51. The van der Waals surface area contributed by atoms with Crippen molar-refractivity contribution < 1.29 is 18.9 Å². The summed E-state index contributed by atoms with van der Waals surface area (Å²) in [5.74, 6) is 3.97. The second-order valence-electron chi connectivity index (χ2n) is 8.23. The summed E-state index contributed by atoms with van der Waals surface area (Å²) in [4.78, 5) is 2.49. The number of hydrogen-bond acceptors (Lipinski definition) is 5. The monoisotopic (exact) mass is 455 g/mol. The molecule has 0 aliphatic carbocycles. The Balaban J connectivity index is 0.000000728. The van der Waals surface area contributed by atoms with E-state index in [9.17, 15) is 0 Å². The van der Waals surface area contributed by atoms with Crippen molar-refractivity contribution in [2.75, 3.05) is 26.5 Å². The lowest BCUT2D eigenvalue weighted by molar-refractivity contribution is -0.0178. The van der Waals surface area contributed by atoms with Crippen LogP contribution in [-0.4, -0.2) is 37.6 Å². The summed E-state index contributed by atoms with van der Waals surface area (Å²) in [6.45, 7) is 17.6. The van der Waals surface area contributed by atoms with Crippen molar-refractivity contribution in [3.63, 3.8) is 0 Å². The van der Waals surface area contributed by atoms with Gasteiger partial charge in [0.2, 0.25) is 6.79 Å². The Morgan fingerprint density at radius 3 is 2.27 bits per heavy atom. The van der Waals surface area contributed by atoms with Gasteiger partial charge in [0.25, 0.3) is 0 Å². The molecule has 0 saturated carbocycles. The largest absolute Gasteiger partial charge is 0.494 e. The first-order valence-corrected chi connectivity index (χ1v) is 12.7. The first-order chi connectivity index (χ1) is 16.2. The maximum Gasteiger partial charge on any atom is 0.231 e. The number of benzene rings is 2. The number of hydrogen-bond donors (Lipinski definition) is 0. The zero-order valence-corrected chi connectivity index (χ0v) is 21.4. The molecular weight excluding hydrogens is 414 g/mol. The third-order valence-electron chi connectivity index (χ3n) is 6.52. The van der Waals surface area contributed by atoms with E-state index in [1.54, 1.807) is 0 Å². The average molecular weight is 456 g/mol. The van der Waals surface area contributed by atoms with Crippen LogP contribution in [-0.2, 0) is 0 Å². The topological polar surface area (TPSA) is 40.2 Å². The van der Waals surface area contributed by atoms with E-state index < -0.39 is 0 Å². The molecule has 3 aliphatic rings. The quantitative estimate of drug-likeness (QED) is 0.509. The second-order valence-corrected chi connectivity index (χ2v) is 8.23. The lowest BCUT2D eigenvalue weighted by Crippen LogP contribution is -2.47. The summed E-state index contributed by atoms with van der Waals surface area (Å²) in [6.07, 6.45) is 2.54. The van der Waals surface area contributed by atoms with Crippen LogP contribution in [0.2, 0.25) is 0 Å². The Morgan fingerprint density at radius 1 is 0.939 bits per heavy atom. The standard InChI is InChI=1S/C24H29NO4.2C2H6/c1-4-26-19-9-7-8-17(15(19)2)23-16(3)24(25-10-5-6-11-25)29-20-13-22-21(12-18(20)23)27-14-28-22;2*1-2/h7-9,12-13,16,23-24H,4-6,10-11,14H2,1-3H3;2*1-2H3. The van der Waals surface area contributed by atoms with E-state index in [1.807, 2.05) is 40.7 Å². The molecular formula is C28H41NO4. The van der Waals surface area contributed by atoms with Crippen molar-refractivity contribution in [1.82, 2.24) is 4.90 Å². The Morgan fingerprint density at radius 2 is 1.61 bits per heavy atom. The highest BCUT2D eigenvalue weighted by molar-refractivity contribution is 5.57. The fraction of sp³-hybridized carbons (Fsp3) is 0.571. The van der Waals surface area contributed by atoms with Crippen molar-refractivity contribution in [3.8, 4) is 23.0 Å². The zero-order valence-electron chi connectivity index (χ0n) is 21.4. The van der Waals surface area contributed by atoms with E-state index in [1.165, 1.54) is 29.5 Å². The molecule has 2 aromatic carbocycles. The van der Waals surface area contributed by atoms with Gasteiger partial charge < -0.3 is 18.9 Å². The molecule has 5 rings (SSSR count). The van der Waals surface area contributed by atoms with Crippen LogP contribution in [0.25, 0.3) is 0 Å². The summed E-state index contributed by atoms with van der Waals surface area (Å²) in [5, 5.41) is 0. The van der Waals surface area contributed by atoms with E-state index in [0.29, 0.717) is 12.5 Å². The molecule has 33 heavy (non-hydrogen) atoms. The van der Waals surface area contributed by atoms with Gasteiger partial charge in [0, 0.05) is 36.6 Å². The van der Waals surface area contributed by atoms with Gasteiger partial charge in [-0.15, -0.1) is 0 Å². The first kappa shape index (κ1) is 25.2. The van der Waals surface area contributed by atoms with Gasteiger partial charge in [-0.25, -0.2) is 0 Å². The minimum Gasteiger partial charge on any atom is -0.494 e. The Bertz CT molecular complexity index is 907. The van der Waals surface area contributed by atoms with Gasteiger partial charge in [-0.1, -0.05) is 46.8 Å². The zero-order chi connectivity index (χ0) is 24.0. The smallest absolute Gasteiger partial charge is 0.231 e. The summed E-state index contributed by atoms with van der Waals surface area (Å²) in [7, 11) is 0. The van der Waals surface area contributed by atoms with Crippen LogP contribution in [0.4, 0.5) is 0 Å². The van der Waals surface area contributed by atoms with Gasteiger partial charge >= 0.3 is 0 Å². The van der Waals surface area contributed by atoms with E-state index >= 15 is 0 Å². The third-order valence-corrected chi connectivity index (χ3v) is 6.52. The van der Waals surface area contributed by atoms with Crippen LogP contribution in [0.1, 0.15) is 77.0 Å². The molecule has 0 N–H and O–H groups in total. The van der Waals surface area contributed by atoms with Crippen LogP contribution in [0, 0.1) is 12.8 Å². The molecule has 2 aromatic rings. The van der Waals surface area contributed by atoms with Crippen LogP contribution in [0.3, 0.4) is 0 Å². The molecule has 0 radical (unpaired) electrons. The maximum absolute atomic E-state index is 6.58. The fourth-order valence-corrected chi connectivity index (χ4v) is 5.10. The normalized spacial score (nSPS) is 22.8. The molecule has 3 unspecified atom stereocenters. The molecule has 0 aromatic heterocycles. The second kappa shape index (κ2) is 11.6. The summed E-state index contributed by atoms with van der Waals surface area (Å²) in [5.41, 5.74) is 3.68. The van der Waals surface area contributed by atoms with Crippen molar-refractivity contribution >= 4 is 0 Å². The minimum absolute atomic E-state index is 0.0607. The lowest BCUT2D eigenvalue weighted by Gasteiger charge is -2.42. The van der Waals surface area contributed by atoms with Crippen LogP contribution in [0.15, 0.2) is 30.3 Å². The molecule has 3 atom stereocenters. The van der Waals surface area contributed by atoms with Crippen molar-refractivity contribution in [2.45, 2.75) is 73.5 Å². The Hall–Kier alpha value is -2.40. The molecule has 1 fully saturated rings. The van der Waals surface area contributed by atoms with E-state index in [4.69, 9.17) is 18.9 Å². The first-order valence-electron chi connectivity index (χ1n) is 12.7. The molecule has 182 valence electrons. The summed E-state index contributed by atoms with van der Waals surface area (Å²) < 4.78 is 23.8. The van der Waals surface area contributed by atoms with Gasteiger partial charge in [0.05, 0.1) is 6.61 Å². The molecule has 0 amide bonds. The van der Waals surface area contributed by atoms with Gasteiger partial charge in [-0.2, -0.15) is 0 Å². The highest BCUT2D eigenvalue weighted by Gasteiger charge is 2.42. The lowest BCUT2D eigenvalue weighted by atomic mass is 9.76. The number of rotatable bonds is 4. The van der Waals surface area contributed by atoms with Crippen LogP contribution >= 0.6 is 0 Å². The van der Waals surface area contributed by atoms with Crippen molar-refractivity contribution in [2.24, 2.45) is 5.92 Å². The molecule has 0 spiro atoms. The van der Waals surface area contributed by atoms with Crippen molar-refractivity contribution in [1.29, 1.82) is 0 Å². The molecule has 3 aliphatic heterocycles. The summed E-state index contributed by atoms with van der Waals surface area (Å²) >= 11 is 0. The Kier molecular flexibility index (Phi) is 8.90. The SMILES string of the molecule is CC.CC.CCOc1cccc(C2c3cc4c(cc3OC(N3CCCC3)C2C)OCO4)c1C. The predicted octanol–water partition coefficient (Wildman–Crippen LogP) is 6.76. The van der Waals surface area contributed by atoms with E-state index in [-0.39, 0.29) is 18.9 Å². The number of ether oxygens (including phenoxy) is 4.